The molecule has 1 saturated carbocycles. The lowest BCUT2D eigenvalue weighted by Crippen LogP contribution is -1.99. The molecule has 0 unspecified atom stereocenters. The van der Waals surface area contributed by atoms with Gasteiger partial charge in [-0.1, -0.05) is 0 Å². The predicted octanol–water partition coefficient (Wildman–Crippen LogP) is 6.88. The molecule has 11 heteroatoms. The minimum absolute atomic E-state index is 0.00704. The summed E-state index contributed by atoms with van der Waals surface area (Å²) in [5, 5.41) is 9.49. The lowest BCUT2D eigenvalue weighted by molar-refractivity contribution is 0.461. The molecule has 1 aliphatic rings. The molecule has 1 N–H and O–H groups in total. The van der Waals surface area contributed by atoms with Gasteiger partial charge in [-0.15, -0.1) is 11.7 Å². The number of benzene rings is 2. The first-order chi connectivity index (χ1) is 15.1. The Hall–Kier alpha value is -3.21. The molecular formula is C21H13F6N3OS. The molecule has 2 aromatic heterocycles. The van der Waals surface area contributed by atoms with Gasteiger partial charge in [0.15, 0.2) is 5.65 Å². The third-order valence-corrected chi connectivity index (χ3v) is 6.05. The number of imidazole rings is 1. The number of aromatic nitrogens is 3. The number of nitrogens with zero attached hydrogens (tertiary/aromatic N) is 3. The topological polar surface area (TPSA) is 50.4 Å². The minimum Gasteiger partial charge on any atom is -0.508 e. The van der Waals surface area contributed by atoms with Crippen LogP contribution in [-0.4, -0.2) is 19.5 Å². The van der Waals surface area contributed by atoms with E-state index in [0.717, 1.165) is 31.0 Å². The van der Waals surface area contributed by atoms with E-state index in [9.17, 15) is 29.9 Å². The molecule has 166 valence electrons. The van der Waals surface area contributed by atoms with Crippen LogP contribution in [0.25, 0.3) is 28.2 Å². The molecule has 2 heterocycles. The number of hydrogen-bond acceptors (Lipinski definition) is 3. The molecule has 0 bridgehead atoms. The van der Waals surface area contributed by atoms with Crippen molar-refractivity contribution in [1.29, 1.82) is 0 Å². The van der Waals surface area contributed by atoms with Crippen molar-refractivity contribution in [2.24, 2.45) is 0 Å². The van der Waals surface area contributed by atoms with Crippen LogP contribution in [0.5, 0.6) is 5.75 Å². The molecule has 4 nitrogen and oxygen atoms in total. The predicted molar refractivity (Wildman–Crippen MR) is 107 cm³/mol. The summed E-state index contributed by atoms with van der Waals surface area (Å²) in [6.45, 7) is 0. The summed E-state index contributed by atoms with van der Waals surface area (Å²) in [5.74, 6) is -4.00. The van der Waals surface area contributed by atoms with Crippen molar-refractivity contribution >= 4 is 16.8 Å². The first kappa shape index (κ1) is 20.7. The molecular weight excluding hydrogens is 456 g/mol. The fourth-order valence-electron chi connectivity index (χ4n) is 3.64. The van der Waals surface area contributed by atoms with Crippen LogP contribution in [0.2, 0.25) is 0 Å². The number of aromatic hydroxyl groups is 1. The summed E-state index contributed by atoms with van der Waals surface area (Å²) in [5.41, 5.74) is 0.419. The maximum Gasteiger partial charge on any atom is 0.240 e. The minimum atomic E-state index is -5.82. The Kier molecular flexibility index (Phi) is 4.63. The largest absolute Gasteiger partial charge is 0.508 e. The zero-order chi connectivity index (χ0) is 22.8. The van der Waals surface area contributed by atoms with E-state index in [0.29, 0.717) is 17.8 Å². The monoisotopic (exact) mass is 469 g/mol. The first-order valence-electron chi connectivity index (χ1n) is 9.42. The van der Waals surface area contributed by atoms with Crippen LogP contribution in [0.15, 0.2) is 47.6 Å². The highest BCUT2D eigenvalue weighted by atomic mass is 32.3. The Balaban J connectivity index is 1.75. The van der Waals surface area contributed by atoms with Gasteiger partial charge in [0, 0.05) is 29.8 Å². The van der Waals surface area contributed by atoms with Gasteiger partial charge in [0.1, 0.15) is 28.1 Å². The Morgan fingerprint density at radius 2 is 1.66 bits per heavy atom. The summed E-state index contributed by atoms with van der Waals surface area (Å²) < 4.78 is 84.1. The molecule has 1 fully saturated rings. The van der Waals surface area contributed by atoms with Gasteiger partial charge in [-0.3, -0.25) is 9.38 Å². The van der Waals surface area contributed by atoms with E-state index in [1.54, 1.807) is 0 Å². The van der Waals surface area contributed by atoms with Crippen LogP contribution in [0, 0.1) is 17.5 Å². The number of phenols is 1. The Morgan fingerprint density at radius 1 is 0.969 bits per heavy atom. The molecule has 2 aromatic carbocycles. The normalized spacial score (nSPS) is 14.8. The van der Waals surface area contributed by atoms with E-state index in [1.807, 2.05) is 0 Å². The fourth-order valence-corrected chi connectivity index (χ4v) is 4.19. The molecule has 0 atom stereocenters. The molecule has 1 aliphatic carbocycles. The van der Waals surface area contributed by atoms with Crippen molar-refractivity contribution in [3.63, 3.8) is 0 Å². The smallest absolute Gasteiger partial charge is 0.240 e. The summed E-state index contributed by atoms with van der Waals surface area (Å²) in [6, 6.07) is 4.07. The van der Waals surface area contributed by atoms with Crippen molar-refractivity contribution in [1.82, 2.24) is 14.4 Å². The summed E-state index contributed by atoms with van der Waals surface area (Å²) in [6.07, 6.45) is 4.14. The standard InChI is InChI=1S/C21H13F6N3OS/c22-13-4-3-11(5-17(13)32(25,26)27)16-9-30-18(8-28-16)29-20(10-1-2-10)21(30)19-14(23)6-12(31)7-15(19)24/h3-10,31H,1-2H2. The van der Waals surface area contributed by atoms with Crippen LogP contribution in [-0.2, 0) is 0 Å². The number of fused-ring (bicyclic) bond motifs is 1. The number of hydrogen-bond donors (Lipinski definition) is 1. The van der Waals surface area contributed by atoms with Crippen molar-refractivity contribution in [3.05, 3.63) is 65.9 Å². The molecule has 32 heavy (non-hydrogen) atoms. The van der Waals surface area contributed by atoms with E-state index in [4.69, 9.17) is 0 Å². The van der Waals surface area contributed by atoms with Crippen LogP contribution in [0.4, 0.5) is 24.8 Å². The van der Waals surface area contributed by atoms with Crippen LogP contribution in [0.3, 0.4) is 0 Å². The summed E-state index contributed by atoms with van der Waals surface area (Å²) in [4.78, 5) is 7.19. The molecule has 0 radical (unpaired) electrons. The third kappa shape index (κ3) is 3.46. The molecule has 0 saturated heterocycles. The van der Waals surface area contributed by atoms with Crippen LogP contribution >= 0.6 is 11.2 Å². The van der Waals surface area contributed by atoms with E-state index in [1.165, 1.54) is 16.8 Å². The highest BCUT2D eigenvalue weighted by Crippen LogP contribution is 2.61. The molecule has 0 spiro atoms. The van der Waals surface area contributed by atoms with Crippen molar-refractivity contribution in [2.75, 3.05) is 0 Å². The average Bonchev–Trinajstić information content (AvgIpc) is 3.48. The highest BCUT2D eigenvalue weighted by molar-refractivity contribution is 8.20. The van der Waals surface area contributed by atoms with Gasteiger partial charge in [-0.05, 0) is 31.0 Å². The van der Waals surface area contributed by atoms with E-state index >= 15 is 0 Å². The second kappa shape index (κ2) is 7.16. The molecule has 4 aromatic rings. The van der Waals surface area contributed by atoms with E-state index in [2.05, 4.69) is 9.97 Å². The lowest BCUT2D eigenvalue weighted by Gasteiger charge is -2.13. The average molecular weight is 469 g/mol. The van der Waals surface area contributed by atoms with Crippen LogP contribution < -0.4 is 0 Å². The zero-order valence-electron chi connectivity index (χ0n) is 16.0. The van der Waals surface area contributed by atoms with Gasteiger partial charge in [-0.25, -0.2) is 18.2 Å². The maximum atomic E-state index is 14.7. The summed E-state index contributed by atoms with van der Waals surface area (Å²) >= 11 is -5.82. The van der Waals surface area contributed by atoms with Crippen LogP contribution in [0.1, 0.15) is 24.5 Å². The van der Waals surface area contributed by atoms with Crippen molar-refractivity contribution in [2.45, 2.75) is 23.7 Å². The number of phenolic OH excluding ortho intramolecular Hbond substituents is 1. The van der Waals surface area contributed by atoms with E-state index < -0.39 is 44.8 Å². The second-order valence-electron chi connectivity index (χ2n) is 7.46. The van der Waals surface area contributed by atoms with Gasteiger partial charge in [0.05, 0.1) is 28.8 Å². The quantitative estimate of drug-likeness (QED) is 0.332. The Bertz CT molecular complexity index is 1360. The van der Waals surface area contributed by atoms with Crippen molar-refractivity contribution in [3.8, 4) is 28.3 Å². The van der Waals surface area contributed by atoms with Gasteiger partial charge in [0.2, 0.25) is 11.2 Å². The number of rotatable bonds is 4. The molecule has 0 amide bonds. The SMILES string of the molecule is Oc1cc(F)c(-c2c(C3CC3)nc3cnc(-c4ccc(F)c(S(F)(F)F)c4)cn23)c(F)c1. The van der Waals surface area contributed by atoms with Gasteiger partial charge < -0.3 is 5.11 Å². The molecule has 5 rings (SSSR count). The third-order valence-electron chi connectivity index (χ3n) is 5.24. The van der Waals surface area contributed by atoms with Gasteiger partial charge in [0.25, 0.3) is 0 Å². The van der Waals surface area contributed by atoms with Crippen molar-refractivity contribution < 1.29 is 29.9 Å². The Morgan fingerprint density at radius 3 is 2.28 bits per heavy atom. The van der Waals surface area contributed by atoms with Gasteiger partial charge >= 0.3 is 0 Å². The lowest BCUT2D eigenvalue weighted by atomic mass is 10.1. The first-order valence-corrected chi connectivity index (χ1v) is 10.8. The fraction of sp³-hybridized carbons (Fsp3) is 0.143. The van der Waals surface area contributed by atoms with E-state index in [-0.39, 0.29) is 28.5 Å². The number of halogens is 6. The molecule has 0 aliphatic heterocycles. The van der Waals surface area contributed by atoms with Gasteiger partial charge in [-0.2, -0.15) is 0 Å². The summed E-state index contributed by atoms with van der Waals surface area (Å²) in [7, 11) is 0. The zero-order valence-corrected chi connectivity index (χ0v) is 16.8. The highest BCUT2D eigenvalue weighted by Gasteiger charge is 2.33. The maximum absolute atomic E-state index is 14.7. The second-order valence-corrected chi connectivity index (χ2v) is 8.71. The Labute approximate surface area is 179 Å².